The number of pyridine rings is 1. The molecule has 3 heteroatoms. The maximum Gasteiger partial charge on any atom is 0.223 e. The molecule has 1 aromatic carbocycles. The Morgan fingerprint density at radius 1 is 1.18 bits per heavy atom. The van der Waals surface area contributed by atoms with Crippen LogP contribution in [0.25, 0.3) is 0 Å². The van der Waals surface area contributed by atoms with Crippen LogP contribution < -0.4 is 0 Å². The fourth-order valence-corrected chi connectivity index (χ4v) is 3.71. The number of rotatable bonds is 3. The minimum absolute atomic E-state index is 0.307. The first-order valence-corrected chi connectivity index (χ1v) is 8.07. The molecule has 4 rings (SSSR count). The predicted molar refractivity (Wildman–Crippen MR) is 85.7 cm³/mol. The van der Waals surface area contributed by atoms with Gasteiger partial charge in [-0.05, 0) is 41.5 Å². The van der Waals surface area contributed by atoms with Gasteiger partial charge in [0, 0.05) is 37.8 Å². The first kappa shape index (κ1) is 13.5. The monoisotopic (exact) mass is 292 g/mol. The van der Waals surface area contributed by atoms with E-state index in [2.05, 4.69) is 35.3 Å². The van der Waals surface area contributed by atoms with E-state index >= 15 is 0 Å². The Morgan fingerprint density at radius 3 is 2.86 bits per heavy atom. The molecule has 0 saturated carbocycles. The molecule has 112 valence electrons. The molecule has 0 unspecified atom stereocenters. The second-order valence-electron chi connectivity index (χ2n) is 6.42. The third-order valence-corrected chi connectivity index (χ3v) is 5.07. The van der Waals surface area contributed by atoms with Gasteiger partial charge in [0.2, 0.25) is 5.91 Å². The summed E-state index contributed by atoms with van der Waals surface area (Å²) >= 11 is 0. The number of fused-ring (bicyclic) bond motifs is 1. The van der Waals surface area contributed by atoms with Crippen LogP contribution in [0, 0.1) is 0 Å². The number of hydrogen-bond donors (Lipinski definition) is 0. The Morgan fingerprint density at radius 2 is 2.05 bits per heavy atom. The summed E-state index contributed by atoms with van der Waals surface area (Å²) in [4.78, 5) is 18.6. The van der Waals surface area contributed by atoms with Crippen molar-refractivity contribution in [3.05, 3.63) is 65.5 Å². The summed E-state index contributed by atoms with van der Waals surface area (Å²) in [5.41, 5.74) is 4.06. The lowest BCUT2D eigenvalue weighted by atomic mass is 9.90. The van der Waals surface area contributed by atoms with Crippen molar-refractivity contribution < 1.29 is 4.79 Å². The van der Waals surface area contributed by atoms with E-state index < -0.39 is 0 Å². The summed E-state index contributed by atoms with van der Waals surface area (Å²) in [7, 11) is 0. The number of carbonyl (C=O) groups is 1. The SMILES string of the molecule is O=C(C[C@@H]1CCc2ccccc21)N1CC(c2cccnc2)C1. The number of nitrogens with zero attached hydrogens (tertiary/aromatic N) is 2. The Bertz CT molecular complexity index is 677. The molecule has 1 saturated heterocycles. The molecule has 0 bridgehead atoms. The number of aromatic nitrogens is 1. The van der Waals surface area contributed by atoms with Gasteiger partial charge in [-0.3, -0.25) is 9.78 Å². The summed E-state index contributed by atoms with van der Waals surface area (Å²) in [6.07, 6.45) is 6.61. The Balaban J connectivity index is 1.35. The number of hydrogen-bond acceptors (Lipinski definition) is 2. The van der Waals surface area contributed by atoms with E-state index in [1.807, 2.05) is 17.2 Å². The highest BCUT2D eigenvalue weighted by Gasteiger charge is 2.34. The second kappa shape index (κ2) is 5.56. The van der Waals surface area contributed by atoms with E-state index in [0.717, 1.165) is 25.9 Å². The first-order chi connectivity index (χ1) is 10.8. The topological polar surface area (TPSA) is 33.2 Å². The Kier molecular flexibility index (Phi) is 3.41. The highest BCUT2D eigenvalue weighted by molar-refractivity contribution is 5.78. The summed E-state index contributed by atoms with van der Waals surface area (Å²) < 4.78 is 0. The third kappa shape index (κ3) is 2.41. The zero-order chi connectivity index (χ0) is 14.9. The number of benzene rings is 1. The van der Waals surface area contributed by atoms with E-state index in [9.17, 15) is 4.79 Å². The van der Waals surface area contributed by atoms with Crippen LogP contribution in [0.2, 0.25) is 0 Å². The maximum atomic E-state index is 12.5. The molecule has 2 heterocycles. The fourth-order valence-electron chi connectivity index (χ4n) is 3.71. The van der Waals surface area contributed by atoms with Crippen LogP contribution in [0.3, 0.4) is 0 Å². The van der Waals surface area contributed by atoms with Crippen LogP contribution in [0.5, 0.6) is 0 Å². The molecule has 3 nitrogen and oxygen atoms in total. The molecule has 0 radical (unpaired) electrons. The smallest absolute Gasteiger partial charge is 0.223 e. The quantitative estimate of drug-likeness (QED) is 0.871. The van der Waals surface area contributed by atoms with Crippen molar-refractivity contribution in [2.45, 2.75) is 31.1 Å². The van der Waals surface area contributed by atoms with Crippen LogP contribution in [-0.2, 0) is 11.2 Å². The molecule has 2 aromatic rings. The molecular formula is C19H20N2O. The number of likely N-dealkylation sites (tertiary alicyclic amines) is 1. The van der Waals surface area contributed by atoms with Crippen molar-refractivity contribution in [3.8, 4) is 0 Å². The molecule has 2 aliphatic rings. The zero-order valence-electron chi connectivity index (χ0n) is 12.6. The summed E-state index contributed by atoms with van der Waals surface area (Å²) in [6.45, 7) is 1.69. The Hall–Kier alpha value is -2.16. The van der Waals surface area contributed by atoms with Gasteiger partial charge in [0.15, 0.2) is 0 Å². The van der Waals surface area contributed by atoms with E-state index in [0.29, 0.717) is 24.2 Å². The standard InChI is InChI=1S/C19H20N2O/c22-19(10-15-8-7-14-4-1-2-6-18(14)15)21-12-17(13-21)16-5-3-9-20-11-16/h1-6,9,11,15,17H,7-8,10,12-13H2/t15-/m0/s1. The average Bonchev–Trinajstić information content (AvgIpc) is 2.90. The largest absolute Gasteiger partial charge is 0.341 e. The first-order valence-electron chi connectivity index (χ1n) is 8.07. The van der Waals surface area contributed by atoms with E-state index in [1.165, 1.54) is 16.7 Å². The number of carbonyl (C=O) groups excluding carboxylic acids is 1. The van der Waals surface area contributed by atoms with Gasteiger partial charge in [-0.15, -0.1) is 0 Å². The molecule has 1 aromatic heterocycles. The minimum atomic E-state index is 0.307. The highest BCUT2D eigenvalue weighted by Crippen LogP contribution is 2.36. The van der Waals surface area contributed by atoms with Crippen LogP contribution in [0.15, 0.2) is 48.8 Å². The Labute approximate surface area is 131 Å². The van der Waals surface area contributed by atoms with Crippen molar-refractivity contribution in [1.29, 1.82) is 0 Å². The molecule has 22 heavy (non-hydrogen) atoms. The van der Waals surface area contributed by atoms with Gasteiger partial charge in [-0.25, -0.2) is 0 Å². The lowest BCUT2D eigenvalue weighted by molar-refractivity contribution is -0.136. The van der Waals surface area contributed by atoms with Gasteiger partial charge in [-0.2, -0.15) is 0 Å². The van der Waals surface area contributed by atoms with Gasteiger partial charge >= 0.3 is 0 Å². The van der Waals surface area contributed by atoms with Crippen molar-refractivity contribution in [2.75, 3.05) is 13.1 Å². The van der Waals surface area contributed by atoms with Gasteiger partial charge in [0.25, 0.3) is 0 Å². The normalized spacial score (nSPS) is 20.5. The zero-order valence-corrected chi connectivity index (χ0v) is 12.6. The van der Waals surface area contributed by atoms with Gasteiger partial charge in [0.05, 0.1) is 0 Å². The molecule has 1 aliphatic heterocycles. The number of amides is 1. The van der Waals surface area contributed by atoms with Gasteiger partial charge in [-0.1, -0.05) is 30.3 Å². The minimum Gasteiger partial charge on any atom is -0.341 e. The molecule has 1 amide bonds. The molecule has 1 fully saturated rings. The molecule has 0 N–H and O–H groups in total. The van der Waals surface area contributed by atoms with Crippen LogP contribution in [0.1, 0.15) is 41.4 Å². The molecule has 0 spiro atoms. The molecule has 1 aliphatic carbocycles. The molecular weight excluding hydrogens is 272 g/mol. The summed E-state index contributed by atoms with van der Waals surface area (Å²) in [6, 6.07) is 12.6. The van der Waals surface area contributed by atoms with Crippen molar-refractivity contribution in [1.82, 2.24) is 9.88 Å². The fraction of sp³-hybridized carbons (Fsp3) is 0.368. The van der Waals surface area contributed by atoms with Crippen molar-refractivity contribution in [3.63, 3.8) is 0 Å². The van der Waals surface area contributed by atoms with Crippen molar-refractivity contribution in [2.24, 2.45) is 0 Å². The molecule has 1 atom stereocenters. The highest BCUT2D eigenvalue weighted by atomic mass is 16.2. The summed E-state index contributed by atoms with van der Waals surface area (Å²) in [5.74, 6) is 1.19. The number of aryl methyl sites for hydroxylation is 1. The third-order valence-electron chi connectivity index (χ3n) is 5.07. The van der Waals surface area contributed by atoms with E-state index in [4.69, 9.17) is 0 Å². The van der Waals surface area contributed by atoms with Crippen LogP contribution >= 0.6 is 0 Å². The average molecular weight is 292 g/mol. The lowest BCUT2D eigenvalue weighted by Gasteiger charge is -2.40. The summed E-state index contributed by atoms with van der Waals surface area (Å²) in [5, 5.41) is 0. The van der Waals surface area contributed by atoms with Gasteiger partial charge in [0.1, 0.15) is 0 Å². The van der Waals surface area contributed by atoms with Crippen LogP contribution in [0.4, 0.5) is 0 Å². The lowest BCUT2D eigenvalue weighted by Crippen LogP contribution is -2.48. The van der Waals surface area contributed by atoms with E-state index in [1.54, 1.807) is 6.20 Å². The predicted octanol–water partition coefficient (Wildman–Crippen LogP) is 3.13. The van der Waals surface area contributed by atoms with Crippen LogP contribution in [-0.4, -0.2) is 28.9 Å². The maximum absolute atomic E-state index is 12.5. The van der Waals surface area contributed by atoms with E-state index in [-0.39, 0.29) is 0 Å². The second-order valence-corrected chi connectivity index (χ2v) is 6.42. The van der Waals surface area contributed by atoms with Gasteiger partial charge < -0.3 is 4.90 Å². The van der Waals surface area contributed by atoms with Crippen molar-refractivity contribution >= 4 is 5.91 Å².